The minimum absolute atomic E-state index is 0. The van der Waals surface area contributed by atoms with E-state index in [4.69, 9.17) is 5.11 Å². The molecule has 0 saturated heterocycles. The normalized spacial score (nSPS) is 6.29. The summed E-state index contributed by atoms with van der Waals surface area (Å²) in [7, 11) is 0. The van der Waals surface area contributed by atoms with Gasteiger partial charge in [0.2, 0.25) is 0 Å². The topological polar surface area (TPSA) is 68.8 Å². The van der Waals surface area contributed by atoms with E-state index in [2.05, 4.69) is 6.58 Å². The van der Waals surface area contributed by atoms with Crippen LogP contribution in [0.3, 0.4) is 0 Å². The Balaban J connectivity index is 0. The van der Waals surface area contributed by atoms with Crippen molar-refractivity contribution in [3.8, 4) is 0 Å². The Morgan fingerprint density at radius 1 is 1.86 bits per heavy atom. The molecular weight excluding hydrogens is 96.0 g/mol. The molecular formula is C4H8O3. The number of carboxylic acids is 1. The lowest BCUT2D eigenvalue weighted by Gasteiger charge is -1.75. The summed E-state index contributed by atoms with van der Waals surface area (Å²) in [6.45, 7) is 3.22. The van der Waals surface area contributed by atoms with Crippen LogP contribution in [0, 0.1) is 0 Å². The summed E-state index contributed by atoms with van der Waals surface area (Å²) in [4.78, 5) is 9.53. The van der Waals surface area contributed by atoms with Gasteiger partial charge < -0.3 is 10.6 Å². The molecule has 0 amide bonds. The van der Waals surface area contributed by atoms with Gasteiger partial charge in [0.15, 0.2) is 0 Å². The van der Waals surface area contributed by atoms with Crippen LogP contribution >= 0.6 is 0 Å². The molecule has 0 heterocycles. The lowest BCUT2D eigenvalue weighted by molar-refractivity contribution is -0.135. The number of hydrogen-bond acceptors (Lipinski definition) is 1. The Hall–Kier alpha value is -0.830. The monoisotopic (exact) mass is 104 g/mol. The quantitative estimate of drug-likeness (QED) is 0.494. The summed E-state index contributed by atoms with van der Waals surface area (Å²) in [5.41, 5.74) is 0. The molecule has 0 aromatic rings. The number of carbonyl (C=O) groups is 1. The summed E-state index contributed by atoms with van der Waals surface area (Å²) < 4.78 is 0. The maximum absolute atomic E-state index is 9.53. The first-order valence-electron chi connectivity index (χ1n) is 1.60. The fourth-order valence-corrected chi connectivity index (χ4v) is 0.123. The molecule has 0 radical (unpaired) electrons. The molecule has 3 nitrogen and oxygen atoms in total. The second-order valence-electron chi connectivity index (χ2n) is 0.887. The van der Waals surface area contributed by atoms with Gasteiger partial charge in [0, 0.05) is 0 Å². The molecule has 0 aromatic carbocycles. The molecule has 0 bridgehead atoms. The number of rotatable bonds is 2. The molecule has 42 valence electrons. The minimum atomic E-state index is -0.829. The van der Waals surface area contributed by atoms with Crippen molar-refractivity contribution in [1.82, 2.24) is 0 Å². The average molecular weight is 104 g/mol. The average Bonchev–Trinajstić information content (AvgIpc) is 1.35. The Kier molecular flexibility index (Phi) is 7.00. The molecule has 0 aliphatic rings. The Labute approximate surface area is 41.6 Å². The second kappa shape index (κ2) is 5.17. The first-order valence-corrected chi connectivity index (χ1v) is 1.60. The predicted octanol–water partition coefficient (Wildman–Crippen LogP) is -0.178. The van der Waals surface area contributed by atoms with Crippen LogP contribution in [0.2, 0.25) is 0 Å². The zero-order valence-corrected chi connectivity index (χ0v) is 3.85. The van der Waals surface area contributed by atoms with Crippen LogP contribution in [-0.2, 0) is 4.79 Å². The summed E-state index contributed by atoms with van der Waals surface area (Å²) >= 11 is 0. The van der Waals surface area contributed by atoms with E-state index >= 15 is 0 Å². The van der Waals surface area contributed by atoms with Crippen LogP contribution in [0.5, 0.6) is 0 Å². The number of carboxylic acid groups (broad SMARTS) is 1. The molecule has 0 spiro atoms. The van der Waals surface area contributed by atoms with Crippen LogP contribution in [0.1, 0.15) is 6.42 Å². The van der Waals surface area contributed by atoms with Gasteiger partial charge in [0.05, 0.1) is 6.42 Å². The molecule has 3 heteroatoms. The highest BCUT2D eigenvalue weighted by molar-refractivity contribution is 5.68. The third-order valence-corrected chi connectivity index (χ3v) is 0.319. The Morgan fingerprint density at radius 2 is 2.29 bits per heavy atom. The van der Waals surface area contributed by atoms with E-state index in [0.717, 1.165) is 0 Å². The lowest BCUT2D eigenvalue weighted by atomic mass is 10.4. The van der Waals surface area contributed by atoms with E-state index in [-0.39, 0.29) is 11.9 Å². The molecule has 0 unspecified atom stereocenters. The number of hydrogen-bond donors (Lipinski definition) is 1. The smallest absolute Gasteiger partial charge is 0.307 e. The van der Waals surface area contributed by atoms with Crippen LogP contribution in [-0.4, -0.2) is 16.6 Å². The van der Waals surface area contributed by atoms with Gasteiger partial charge in [0.25, 0.3) is 0 Å². The maximum atomic E-state index is 9.53. The first-order chi connectivity index (χ1) is 2.77. The molecule has 0 aliphatic heterocycles. The maximum Gasteiger partial charge on any atom is 0.307 e. The predicted molar refractivity (Wildman–Crippen MR) is 26.1 cm³/mol. The van der Waals surface area contributed by atoms with E-state index in [9.17, 15) is 4.79 Å². The van der Waals surface area contributed by atoms with Crippen LogP contribution in [0.25, 0.3) is 0 Å². The van der Waals surface area contributed by atoms with Crippen molar-refractivity contribution in [1.29, 1.82) is 0 Å². The van der Waals surface area contributed by atoms with Crippen molar-refractivity contribution in [3.05, 3.63) is 12.7 Å². The van der Waals surface area contributed by atoms with Gasteiger partial charge in [-0.2, -0.15) is 0 Å². The largest absolute Gasteiger partial charge is 0.481 e. The SMILES string of the molecule is C=CCC(=O)O.O. The summed E-state index contributed by atoms with van der Waals surface area (Å²) in [6, 6.07) is 0. The van der Waals surface area contributed by atoms with Crippen molar-refractivity contribution in [2.75, 3.05) is 0 Å². The molecule has 0 aliphatic carbocycles. The first kappa shape index (κ1) is 9.48. The fraction of sp³-hybridized carbons (Fsp3) is 0.250. The third kappa shape index (κ3) is 11.0. The second-order valence-corrected chi connectivity index (χ2v) is 0.887. The van der Waals surface area contributed by atoms with Crippen molar-refractivity contribution in [3.63, 3.8) is 0 Å². The molecule has 0 saturated carbocycles. The van der Waals surface area contributed by atoms with Gasteiger partial charge >= 0.3 is 5.97 Å². The zero-order valence-electron chi connectivity index (χ0n) is 3.85. The van der Waals surface area contributed by atoms with Crippen molar-refractivity contribution in [2.45, 2.75) is 6.42 Å². The highest BCUT2D eigenvalue weighted by Crippen LogP contribution is 1.74. The summed E-state index contributed by atoms with van der Waals surface area (Å²) in [5, 5.41) is 7.84. The van der Waals surface area contributed by atoms with Gasteiger partial charge in [0.1, 0.15) is 0 Å². The minimum Gasteiger partial charge on any atom is -0.481 e. The molecule has 0 rings (SSSR count). The van der Waals surface area contributed by atoms with Crippen LogP contribution < -0.4 is 0 Å². The van der Waals surface area contributed by atoms with Crippen molar-refractivity contribution >= 4 is 5.97 Å². The highest BCUT2D eigenvalue weighted by atomic mass is 16.4. The fourth-order valence-electron chi connectivity index (χ4n) is 0.123. The zero-order chi connectivity index (χ0) is 4.99. The van der Waals surface area contributed by atoms with Gasteiger partial charge in [-0.25, -0.2) is 0 Å². The molecule has 0 fully saturated rings. The third-order valence-electron chi connectivity index (χ3n) is 0.319. The van der Waals surface area contributed by atoms with E-state index in [1.54, 1.807) is 0 Å². The van der Waals surface area contributed by atoms with E-state index in [0.29, 0.717) is 0 Å². The Morgan fingerprint density at radius 3 is 2.29 bits per heavy atom. The van der Waals surface area contributed by atoms with Gasteiger partial charge in [-0.05, 0) is 0 Å². The van der Waals surface area contributed by atoms with Gasteiger partial charge in [-0.3, -0.25) is 4.79 Å². The molecule has 7 heavy (non-hydrogen) atoms. The van der Waals surface area contributed by atoms with E-state index in [1.165, 1.54) is 6.08 Å². The van der Waals surface area contributed by atoms with Crippen LogP contribution in [0.4, 0.5) is 0 Å². The summed E-state index contributed by atoms with van der Waals surface area (Å²) in [5.74, 6) is -0.829. The van der Waals surface area contributed by atoms with Crippen molar-refractivity contribution < 1.29 is 15.4 Å². The van der Waals surface area contributed by atoms with Crippen LogP contribution in [0.15, 0.2) is 12.7 Å². The van der Waals surface area contributed by atoms with E-state index < -0.39 is 5.97 Å². The van der Waals surface area contributed by atoms with Crippen molar-refractivity contribution in [2.24, 2.45) is 0 Å². The molecule has 3 N–H and O–H groups in total. The summed E-state index contributed by atoms with van der Waals surface area (Å²) in [6.07, 6.45) is 1.41. The van der Waals surface area contributed by atoms with Gasteiger partial charge in [-0.15, -0.1) is 6.58 Å². The molecule has 0 aromatic heterocycles. The standard InChI is InChI=1S/C4H6O2.H2O/c1-2-3-4(5)6;/h2H,1,3H2,(H,5,6);1H2. The van der Waals surface area contributed by atoms with E-state index in [1.807, 2.05) is 0 Å². The Bertz CT molecular complexity index is 67.3. The highest BCUT2D eigenvalue weighted by Gasteiger charge is 1.84. The van der Waals surface area contributed by atoms with Gasteiger partial charge in [-0.1, -0.05) is 6.08 Å². The number of aliphatic carboxylic acids is 1. The lowest BCUT2D eigenvalue weighted by Crippen LogP contribution is -1.88. The molecule has 0 atom stereocenters.